The first-order valence-electron chi connectivity index (χ1n) is 4.91. The van der Waals surface area contributed by atoms with Gasteiger partial charge in [-0.25, -0.2) is 0 Å². The summed E-state index contributed by atoms with van der Waals surface area (Å²) in [5.74, 6) is 0. The summed E-state index contributed by atoms with van der Waals surface area (Å²) in [5.41, 5.74) is 3.56. The third kappa shape index (κ3) is 1.40. The smallest absolute Gasteiger partial charge is 0.0456 e. The predicted octanol–water partition coefficient (Wildman–Crippen LogP) is 3.00. The number of nitrogens with zero attached hydrogens (tertiary/aromatic N) is 2. The molecule has 3 aromatic rings. The molecule has 0 unspecified atom stereocenters. The molecule has 0 N–H and O–H groups in total. The van der Waals surface area contributed by atoms with Crippen molar-refractivity contribution in [3.8, 4) is 11.1 Å². The van der Waals surface area contributed by atoms with Crippen LogP contribution >= 0.6 is 0 Å². The van der Waals surface area contributed by atoms with Crippen molar-refractivity contribution in [3.05, 3.63) is 61.2 Å². The van der Waals surface area contributed by atoms with Gasteiger partial charge < -0.3 is 4.40 Å². The van der Waals surface area contributed by atoms with E-state index in [1.807, 2.05) is 24.4 Å². The minimum absolute atomic E-state index is 1.15. The van der Waals surface area contributed by atoms with Gasteiger partial charge in [0, 0.05) is 41.4 Å². The van der Waals surface area contributed by atoms with Gasteiger partial charge in [-0.3, -0.25) is 4.98 Å². The molecule has 3 aromatic heterocycles. The highest BCUT2D eigenvalue weighted by molar-refractivity contribution is 5.69. The normalized spacial score (nSPS) is 10.7. The van der Waals surface area contributed by atoms with E-state index in [1.165, 1.54) is 11.1 Å². The molecule has 0 saturated heterocycles. The first-order valence-corrected chi connectivity index (χ1v) is 4.91. The quantitative estimate of drug-likeness (QED) is 0.582. The van der Waals surface area contributed by atoms with Crippen LogP contribution < -0.4 is 0 Å². The van der Waals surface area contributed by atoms with Crippen LogP contribution in [0.25, 0.3) is 16.6 Å². The Morgan fingerprint density at radius 2 is 2.00 bits per heavy atom. The van der Waals surface area contributed by atoms with Crippen molar-refractivity contribution >= 4 is 5.52 Å². The standard InChI is InChI=1S/C13H10N2/c1-2-7-15-10-12(8-13(15)5-1)11-4-3-6-14-9-11/h1-10H. The SMILES string of the molecule is c1cncc(-c2cc3ccccn3c2)c1. The van der Waals surface area contributed by atoms with Crippen molar-refractivity contribution in [2.45, 2.75) is 0 Å². The largest absolute Gasteiger partial charge is 0.323 e. The molecule has 0 aliphatic rings. The average Bonchev–Trinajstić information content (AvgIpc) is 2.74. The number of hydrogen-bond acceptors (Lipinski definition) is 1. The van der Waals surface area contributed by atoms with Crippen molar-refractivity contribution < 1.29 is 0 Å². The Bertz CT molecular complexity index is 549. The summed E-state index contributed by atoms with van der Waals surface area (Å²) in [4.78, 5) is 4.12. The van der Waals surface area contributed by atoms with Crippen molar-refractivity contribution in [1.82, 2.24) is 9.38 Å². The van der Waals surface area contributed by atoms with E-state index in [0.29, 0.717) is 0 Å². The molecule has 3 heterocycles. The van der Waals surface area contributed by atoms with Crippen LogP contribution in [0.4, 0.5) is 0 Å². The summed E-state index contributed by atoms with van der Waals surface area (Å²) < 4.78 is 2.11. The van der Waals surface area contributed by atoms with Gasteiger partial charge in [0.1, 0.15) is 0 Å². The molecular weight excluding hydrogens is 184 g/mol. The van der Waals surface area contributed by atoms with Crippen LogP contribution in [0.3, 0.4) is 0 Å². The molecule has 15 heavy (non-hydrogen) atoms. The Balaban J connectivity index is 2.21. The van der Waals surface area contributed by atoms with E-state index in [-0.39, 0.29) is 0 Å². The van der Waals surface area contributed by atoms with E-state index < -0.39 is 0 Å². The van der Waals surface area contributed by atoms with Crippen LogP contribution in [0, 0.1) is 0 Å². The second-order valence-electron chi connectivity index (χ2n) is 3.50. The Kier molecular flexibility index (Phi) is 1.78. The average molecular weight is 194 g/mol. The molecule has 0 aliphatic heterocycles. The lowest BCUT2D eigenvalue weighted by atomic mass is 10.1. The number of rotatable bonds is 1. The summed E-state index contributed by atoms with van der Waals surface area (Å²) in [6, 6.07) is 12.4. The van der Waals surface area contributed by atoms with Crippen LogP contribution in [-0.4, -0.2) is 9.38 Å². The van der Waals surface area contributed by atoms with Gasteiger partial charge in [0.05, 0.1) is 0 Å². The topological polar surface area (TPSA) is 17.3 Å². The molecule has 0 radical (unpaired) electrons. The Hall–Kier alpha value is -2.09. The molecule has 2 heteroatoms. The summed E-state index contributed by atoms with van der Waals surface area (Å²) in [7, 11) is 0. The molecule has 0 aliphatic carbocycles. The van der Waals surface area contributed by atoms with Crippen LogP contribution in [0.2, 0.25) is 0 Å². The zero-order valence-corrected chi connectivity index (χ0v) is 8.17. The van der Waals surface area contributed by atoms with Crippen molar-refractivity contribution in [2.75, 3.05) is 0 Å². The van der Waals surface area contributed by atoms with Gasteiger partial charge in [-0.05, 0) is 24.3 Å². The number of pyridine rings is 2. The maximum Gasteiger partial charge on any atom is 0.0456 e. The Labute approximate surface area is 87.8 Å². The molecule has 0 aromatic carbocycles. The van der Waals surface area contributed by atoms with E-state index in [4.69, 9.17) is 0 Å². The first-order chi connectivity index (χ1) is 7.43. The second-order valence-corrected chi connectivity index (χ2v) is 3.50. The van der Waals surface area contributed by atoms with Crippen LogP contribution in [0.1, 0.15) is 0 Å². The van der Waals surface area contributed by atoms with Gasteiger partial charge in [0.25, 0.3) is 0 Å². The number of aromatic nitrogens is 2. The van der Waals surface area contributed by atoms with Crippen LogP contribution in [-0.2, 0) is 0 Å². The Morgan fingerprint density at radius 1 is 1.00 bits per heavy atom. The molecular formula is C13H10N2. The van der Waals surface area contributed by atoms with Gasteiger partial charge in [0.15, 0.2) is 0 Å². The lowest BCUT2D eigenvalue weighted by molar-refractivity contribution is 1.20. The fourth-order valence-corrected chi connectivity index (χ4v) is 1.75. The second kappa shape index (κ2) is 3.24. The third-order valence-electron chi connectivity index (χ3n) is 2.50. The molecule has 0 spiro atoms. The van der Waals surface area contributed by atoms with Crippen molar-refractivity contribution in [1.29, 1.82) is 0 Å². The Morgan fingerprint density at radius 3 is 2.80 bits per heavy atom. The van der Waals surface area contributed by atoms with E-state index in [1.54, 1.807) is 6.20 Å². The number of fused-ring (bicyclic) bond motifs is 1. The zero-order valence-electron chi connectivity index (χ0n) is 8.17. The number of hydrogen-bond donors (Lipinski definition) is 0. The van der Waals surface area contributed by atoms with Crippen LogP contribution in [0.15, 0.2) is 61.2 Å². The van der Waals surface area contributed by atoms with Gasteiger partial charge in [-0.1, -0.05) is 12.1 Å². The molecule has 0 fully saturated rings. The van der Waals surface area contributed by atoms with E-state index in [0.717, 1.165) is 5.56 Å². The summed E-state index contributed by atoms with van der Waals surface area (Å²) >= 11 is 0. The molecule has 2 nitrogen and oxygen atoms in total. The van der Waals surface area contributed by atoms with Gasteiger partial charge >= 0.3 is 0 Å². The maximum absolute atomic E-state index is 4.12. The van der Waals surface area contributed by atoms with Crippen LogP contribution in [0.5, 0.6) is 0 Å². The summed E-state index contributed by atoms with van der Waals surface area (Å²) in [6.07, 6.45) is 7.84. The van der Waals surface area contributed by atoms with Gasteiger partial charge in [-0.15, -0.1) is 0 Å². The highest BCUT2D eigenvalue weighted by Crippen LogP contribution is 2.21. The highest BCUT2D eigenvalue weighted by atomic mass is 14.8. The summed E-state index contributed by atoms with van der Waals surface area (Å²) in [6.45, 7) is 0. The lowest BCUT2D eigenvalue weighted by Crippen LogP contribution is -1.77. The molecule has 0 bridgehead atoms. The van der Waals surface area contributed by atoms with Crippen molar-refractivity contribution in [3.63, 3.8) is 0 Å². The maximum atomic E-state index is 4.12. The monoisotopic (exact) mass is 194 g/mol. The molecule has 0 saturated carbocycles. The third-order valence-corrected chi connectivity index (χ3v) is 2.50. The van der Waals surface area contributed by atoms with Gasteiger partial charge in [0.2, 0.25) is 0 Å². The van der Waals surface area contributed by atoms with Crippen molar-refractivity contribution in [2.24, 2.45) is 0 Å². The minimum Gasteiger partial charge on any atom is -0.323 e. The highest BCUT2D eigenvalue weighted by Gasteiger charge is 2.00. The fraction of sp³-hybridized carbons (Fsp3) is 0. The molecule has 72 valence electrons. The van der Waals surface area contributed by atoms with E-state index >= 15 is 0 Å². The van der Waals surface area contributed by atoms with Gasteiger partial charge in [-0.2, -0.15) is 0 Å². The first kappa shape index (κ1) is 8.24. The molecule has 0 atom stereocenters. The van der Waals surface area contributed by atoms with E-state index in [9.17, 15) is 0 Å². The summed E-state index contributed by atoms with van der Waals surface area (Å²) in [5, 5.41) is 0. The molecule has 0 amide bonds. The zero-order chi connectivity index (χ0) is 10.1. The molecule has 3 rings (SSSR count). The fourth-order valence-electron chi connectivity index (χ4n) is 1.75. The predicted molar refractivity (Wildman–Crippen MR) is 60.6 cm³/mol. The minimum atomic E-state index is 1.15. The van der Waals surface area contributed by atoms with E-state index in [2.05, 4.69) is 40.0 Å². The lowest BCUT2D eigenvalue weighted by Gasteiger charge is -1.93.